The van der Waals surface area contributed by atoms with Crippen LogP contribution in [0.4, 0.5) is 0 Å². The zero-order chi connectivity index (χ0) is 9.97. The number of rotatable bonds is 4. The summed E-state index contributed by atoms with van der Waals surface area (Å²) in [5, 5.41) is 13.8. The van der Waals surface area contributed by atoms with Gasteiger partial charge in [-0.3, -0.25) is 4.68 Å². The Morgan fingerprint density at radius 1 is 1.64 bits per heavy atom. The van der Waals surface area contributed by atoms with Gasteiger partial charge in [0.15, 0.2) is 0 Å². The predicted octanol–water partition coefficient (Wildman–Crippen LogP) is 0.909. The molecule has 1 aliphatic rings. The summed E-state index contributed by atoms with van der Waals surface area (Å²) < 4.78 is 1.73. The van der Waals surface area contributed by atoms with Crippen LogP contribution in [0.3, 0.4) is 0 Å². The first-order chi connectivity index (χ1) is 6.75. The van der Waals surface area contributed by atoms with E-state index in [1.165, 1.54) is 25.6 Å². The molecule has 0 radical (unpaired) electrons. The second-order valence-electron chi connectivity index (χ2n) is 4.19. The Balaban J connectivity index is 1.81. The van der Waals surface area contributed by atoms with Crippen LogP contribution >= 0.6 is 0 Å². The largest absolute Gasteiger partial charge is 0.393 e. The highest BCUT2D eigenvalue weighted by atomic mass is 16.3. The van der Waals surface area contributed by atoms with Crippen LogP contribution in [-0.2, 0) is 13.5 Å². The van der Waals surface area contributed by atoms with Crippen molar-refractivity contribution in [2.24, 2.45) is 13.0 Å². The normalized spacial score (nSPS) is 19.3. The van der Waals surface area contributed by atoms with Crippen LogP contribution in [0.25, 0.3) is 0 Å². The van der Waals surface area contributed by atoms with E-state index in [1.807, 2.05) is 7.05 Å². The van der Waals surface area contributed by atoms with Crippen LogP contribution in [0, 0.1) is 5.92 Å². The van der Waals surface area contributed by atoms with E-state index >= 15 is 0 Å². The SMILES string of the molecule is Cn1ncnc1CC(O)CC1CCC1. The molecule has 0 saturated heterocycles. The highest BCUT2D eigenvalue weighted by Crippen LogP contribution is 2.30. The summed E-state index contributed by atoms with van der Waals surface area (Å²) in [4.78, 5) is 4.10. The van der Waals surface area contributed by atoms with Gasteiger partial charge >= 0.3 is 0 Å². The molecule has 0 aliphatic heterocycles. The fourth-order valence-corrected chi connectivity index (χ4v) is 1.91. The molecule has 0 amide bonds. The third-order valence-electron chi connectivity index (χ3n) is 3.05. The van der Waals surface area contributed by atoms with E-state index in [4.69, 9.17) is 0 Å². The summed E-state index contributed by atoms with van der Waals surface area (Å²) in [7, 11) is 1.86. The van der Waals surface area contributed by atoms with Crippen LogP contribution in [0.15, 0.2) is 6.33 Å². The molecular formula is C10H17N3O. The molecule has 1 aromatic rings. The van der Waals surface area contributed by atoms with Crippen molar-refractivity contribution in [1.82, 2.24) is 14.8 Å². The summed E-state index contributed by atoms with van der Waals surface area (Å²) >= 11 is 0. The molecular weight excluding hydrogens is 178 g/mol. The minimum Gasteiger partial charge on any atom is -0.393 e. The number of aryl methyl sites for hydroxylation is 1. The van der Waals surface area contributed by atoms with E-state index < -0.39 is 0 Å². The number of hydrogen-bond donors (Lipinski definition) is 1. The molecule has 1 saturated carbocycles. The zero-order valence-corrected chi connectivity index (χ0v) is 8.56. The Morgan fingerprint density at radius 2 is 2.43 bits per heavy atom. The number of hydrogen-bond acceptors (Lipinski definition) is 3. The smallest absolute Gasteiger partial charge is 0.138 e. The highest BCUT2D eigenvalue weighted by Gasteiger charge is 2.21. The van der Waals surface area contributed by atoms with Crippen molar-refractivity contribution >= 4 is 0 Å². The van der Waals surface area contributed by atoms with Crippen LogP contribution in [-0.4, -0.2) is 26.0 Å². The van der Waals surface area contributed by atoms with Crippen LogP contribution in [0.5, 0.6) is 0 Å². The quantitative estimate of drug-likeness (QED) is 0.777. The van der Waals surface area contributed by atoms with E-state index in [0.717, 1.165) is 18.2 Å². The lowest BCUT2D eigenvalue weighted by atomic mass is 9.81. The van der Waals surface area contributed by atoms with Crippen molar-refractivity contribution in [2.75, 3.05) is 0 Å². The Labute approximate surface area is 84.0 Å². The summed E-state index contributed by atoms with van der Waals surface area (Å²) in [6.45, 7) is 0. The summed E-state index contributed by atoms with van der Waals surface area (Å²) in [5.41, 5.74) is 0. The molecule has 0 spiro atoms. The van der Waals surface area contributed by atoms with E-state index in [9.17, 15) is 5.11 Å². The van der Waals surface area contributed by atoms with Gasteiger partial charge in [0.2, 0.25) is 0 Å². The van der Waals surface area contributed by atoms with Crippen molar-refractivity contribution in [3.63, 3.8) is 0 Å². The van der Waals surface area contributed by atoms with Gasteiger partial charge in [0.25, 0.3) is 0 Å². The van der Waals surface area contributed by atoms with Gasteiger partial charge in [-0.1, -0.05) is 19.3 Å². The molecule has 1 heterocycles. The van der Waals surface area contributed by atoms with Crippen LogP contribution in [0.2, 0.25) is 0 Å². The maximum Gasteiger partial charge on any atom is 0.138 e. The lowest BCUT2D eigenvalue weighted by molar-refractivity contribution is 0.115. The minimum absolute atomic E-state index is 0.247. The average Bonchev–Trinajstić information content (AvgIpc) is 2.45. The second kappa shape index (κ2) is 4.09. The van der Waals surface area contributed by atoms with Gasteiger partial charge in [0.05, 0.1) is 6.10 Å². The molecule has 1 aromatic heterocycles. The summed E-state index contributed by atoms with van der Waals surface area (Å²) in [6.07, 6.45) is 6.75. The first kappa shape index (κ1) is 9.65. The fourth-order valence-electron chi connectivity index (χ4n) is 1.91. The molecule has 2 rings (SSSR count). The first-order valence-electron chi connectivity index (χ1n) is 5.26. The molecule has 0 bridgehead atoms. The Bertz CT molecular complexity index is 293. The van der Waals surface area contributed by atoms with E-state index in [-0.39, 0.29) is 6.10 Å². The topological polar surface area (TPSA) is 50.9 Å². The average molecular weight is 195 g/mol. The Morgan fingerprint density at radius 3 is 2.93 bits per heavy atom. The predicted molar refractivity (Wildman–Crippen MR) is 52.7 cm³/mol. The minimum atomic E-state index is -0.247. The molecule has 0 aromatic carbocycles. The van der Waals surface area contributed by atoms with Crippen molar-refractivity contribution in [1.29, 1.82) is 0 Å². The maximum absolute atomic E-state index is 9.80. The molecule has 1 atom stereocenters. The highest BCUT2D eigenvalue weighted by molar-refractivity contribution is 4.87. The van der Waals surface area contributed by atoms with Crippen molar-refractivity contribution in [3.05, 3.63) is 12.2 Å². The van der Waals surface area contributed by atoms with Gasteiger partial charge < -0.3 is 5.11 Å². The van der Waals surface area contributed by atoms with Crippen molar-refractivity contribution < 1.29 is 5.11 Å². The third-order valence-corrected chi connectivity index (χ3v) is 3.05. The number of aromatic nitrogens is 3. The standard InChI is InChI=1S/C10H17N3O/c1-13-10(11-7-12-13)6-9(14)5-8-3-2-4-8/h7-9,14H,2-6H2,1H3. The van der Waals surface area contributed by atoms with Crippen LogP contribution in [0.1, 0.15) is 31.5 Å². The number of aliphatic hydroxyl groups excluding tert-OH is 1. The Hall–Kier alpha value is -0.900. The second-order valence-corrected chi connectivity index (χ2v) is 4.19. The summed E-state index contributed by atoms with van der Waals surface area (Å²) in [5.74, 6) is 1.62. The van der Waals surface area contributed by atoms with Crippen molar-refractivity contribution in [3.8, 4) is 0 Å². The van der Waals surface area contributed by atoms with Gasteiger partial charge in [-0.2, -0.15) is 5.10 Å². The molecule has 1 aliphatic carbocycles. The van der Waals surface area contributed by atoms with E-state index in [0.29, 0.717) is 6.42 Å². The molecule has 4 heteroatoms. The molecule has 1 N–H and O–H groups in total. The van der Waals surface area contributed by atoms with E-state index in [2.05, 4.69) is 10.1 Å². The monoisotopic (exact) mass is 195 g/mol. The number of aliphatic hydroxyl groups is 1. The van der Waals surface area contributed by atoms with Gasteiger partial charge in [-0.05, 0) is 12.3 Å². The van der Waals surface area contributed by atoms with Crippen LogP contribution < -0.4 is 0 Å². The lowest BCUT2D eigenvalue weighted by Crippen LogP contribution is -2.22. The molecule has 1 fully saturated rings. The van der Waals surface area contributed by atoms with Gasteiger partial charge in [-0.25, -0.2) is 4.98 Å². The molecule has 1 unspecified atom stereocenters. The first-order valence-corrected chi connectivity index (χ1v) is 5.26. The fraction of sp³-hybridized carbons (Fsp3) is 0.800. The van der Waals surface area contributed by atoms with Gasteiger partial charge in [0, 0.05) is 13.5 Å². The molecule has 14 heavy (non-hydrogen) atoms. The van der Waals surface area contributed by atoms with Gasteiger partial charge in [-0.15, -0.1) is 0 Å². The zero-order valence-electron chi connectivity index (χ0n) is 8.56. The molecule has 4 nitrogen and oxygen atoms in total. The molecule has 78 valence electrons. The third kappa shape index (κ3) is 2.12. The maximum atomic E-state index is 9.80. The lowest BCUT2D eigenvalue weighted by Gasteiger charge is -2.27. The number of nitrogens with zero attached hydrogens (tertiary/aromatic N) is 3. The van der Waals surface area contributed by atoms with Crippen molar-refractivity contribution in [2.45, 2.75) is 38.2 Å². The summed E-state index contributed by atoms with van der Waals surface area (Å²) in [6, 6.07) is 0. The van der Waals surface area contributed by atoms with Gasteiger partial charge in [0.1, 0.15) is 12.2 Å². The van der Waals surface area contributed by atoms with E-state index in [1.54, 1.807) is 4.68 Å². The Kier molecular flexibility index (Phi) is 2.82.